The second-order valence-corrected chi connectivity index (χ2v) is 15.9. The van der Waals surface area contributed by atoms with Crippen molar-refractivity contribution in [2.24, 2.45) is 0 Å². The molecule has 268 valence electrons. The largest absolute Gasteiger partial charge is 0.310 e. The molecule has 1 aliphatic rings. The van der Waals surface area contributed by atoms with Crippen LogP contribution in [0.3, 0.4) is 0 Å². The highest BCUT2D eigenvalue weighted by Crippen LogP contribution is 2.56. The van der Waals surface area contributed by atoms with Gasteiger partial charge in [-0.25, -0.2) is 0 Å². The van der Waals surface area contributed by atoms with Gasteiger partial charge in [-0.3, -0.25) is 0 Å². The summed E-state index contributed by atoms with van der Waals surface area (Å²) >= 11 is 1.87. The van der Waals surface area contributed by atoms with Crippen LogP contribution in [-0.2, 0) is 5.41 Å². The lowest BCUT2D eigenvalue weighted by Gasteiger charge is -2.33. The van der Waals surface area contributed by atoms with Gasteiger partial charge in [-0.2, -0.15) is 0 Å². The van der Waals surface area contributed by atoms with Crippen molar-refractivity contribution in [2.75, 3.05) is 4.90 Å². The van der Waals surface area contributed by atoms with E-state index < -0.39 is 5.41 Å². The van der Waals surface area contributed by atoms with Gasteiger partial charge in [-0.05, 0) is 110 Å². The van der Waals surface area contributed by atoms with E-state index >= 15 is 0 Å². The standard InChI is InChI=1S/C55H37NS/c1-4-16-42(17-5-1)55(43-18-6-2-7-19-43)51-25-12-10-23-47(51)50-36-40(30-34-52(50)55)39-15-14-22-46(35-39)56(44-20-8-3-9-21-44)45-31-27-38(28-32-45)41-29-33-49-48-24-11-13-26-53(48)57-54(49)37-41/h1-37H. The van der Waals surface area contributed by atoms with E-state index in [0.29, 0.717) is 0 Å². The zero-order chi connectivity index (χ0) is 37.8. The molecule has 1 aromatic heterocycles. The highest BCUT2D eigenvalue weighted by atomic mass is 32.1. The van der Waals surface area contributed by atoms with Crippen LogP contribution in [0.25, 0.3) is 53.6 Å². The average Bonchev–Trinajstić information content (AvgIpc) is 3.81. The minimum absolute atomic E-state index is 0.408. The number of hydrogen-bond acceptors (Lipinski definition) is 2. The van der Waals surface area contributed by atoms with Gasteiger partial charge in [0.25, 0.3) is 0 Å². The lowest BCUT2D eigenvalue weighted by molar-refractivity contribution is 0.768. The van der Waals surface area contributed by atoms with Gasteiger partial charge in [0, 0.05) is 37.2 Å². The first-order valence-corrected chi connectivity index (χ1v) is 20.4. The number of fused-ring (bicyclic) bond motifs is 6. The van der Waals surface area contributed by atoms with Gasteiger partial charge in [0.05, 0.1) is 5.41 Å². The number of thiophene rings is 1. The fourth-order valence-electron chi connectivity index (χ4n) is 9.19. The Hall–Kier alpha value is -7.00. The first kappa shape index (κ1) is 33.3. The molecule has 0 aliphatic heterocycles. The Morgan fingerprint density at radius 1 is 0.316 bits per heavy atom. The van der Waals surface area contributed by atoms with Crippen molar-refractivity contribution in [2.45, 2.75) is 5.41 Å². The van der Waals surface area contributed by atoms with Crippen LogP contribution in [0.1, 0.15) is 22.3 Å². The monoisotopic (exact) mass is 743 g/mol. The summed E-state index contributed by atoms with van der Waals surface area (Å²) in [5.74, 6) is 0. The third kappa shape index (κ3) is 5.44. The SMILES string of the molecule is c1ccc(N(c2ccc(-c3ccc4c(c3)sc3ccccc34)cc2)c2cccc(-c3ccc4c(c3)-c3ccccc3C4(c3ccccc3)c3ccccc3)c2)cc1. The summed E-state index contributed by atoms with van der Waals surface area (Å²) in [7, 11) is 0. The van der Waals surface area contributed by atoms with E-state index in [1.165, 1.54) is 75.8 Å². The third-order valence-electron chi connectivity index (χ3n) is 11.7. The lowest BCUT2D eigenvalue weighted by Crippen LogP contribution is -2.28. The molecule has 57 heavy (non-hydrogen) atoms. The Kier molecular flexibility index (Phi) is 7.98. The van der Waals surface area contributed by atoms with E-state index in [1.807, 2.05) is 11.3 Å². The number of nitrogens with zero attached hydrogens (tertiary/aromatic N) is 1. The molecule has 1 aliphatic carbocycles. The Labute approximate surface area is 337 Å². The molecule has 0 unspecified atom stereocenters. The maximum absolute atomic E-state index is 2.41. The van der Waals surface area contributed by atoms with E-state index in [2.05, 4.69) is 229 Å². The quantitative estimate of drug-likeness (QED) is 0.157. The van der Waals surface area contributed by atoms with Gasteiger partial charge in [0.1, 0.15) is 0 Å². The second-order valence-electron chi connectivity index (χ2n) is 14.9. The van der Waals surface area contributed by atoms with Crippen LogP contribution in [0.15, 0.2) is 224 Å². The van der Waals surface area contributed by atoms with Gasteiger partial charge in [0.2, 0.25) is 0 Å². The average molecular weight is 744 g/mol. The summed E-state index contributed by atoms with van der Waals surface area (Å²) in [6.07, 6.45) is 0. The van der Waals surface area contributed by atoms with Crippen molar-refractivity contribution in [3.05, 3.63) is 247 Å². The molecule has 0 bridgehead atoms. The number of rotatable bonds is 7. The highest BCUT2D eigenvalue weighted by molar-refractivity contribution is 7.25. The Balaban J connectivity index is 0.997. The fourth-order valence-corrected chi connectivity index (χ4v) is 10.3. The van der Waals surface area contributed by atoms with Crippen molar-refractivity contribution in [3.8, 4) is 33.4 Å². The molecular weight excluding hydrogens is 707 g/mol. The van der Waals surface area contributed by atoms with Crippen LogP contribution in [0.5, 0.6) is 0 Å². The third-order valence-corrected chi connectivity index (χ3v) is 12.9. The first-order chi connectivity index (χ1) is 28.3. The molecule has 0 fully saturated rings. The minimum atomic E-state index is -0.408. The summed E-state index contributed by atoms with van der Waals surface area (Å²) in [5, 5.41) is 2.66. The number of benzene rings is 9. The van der Waals surface area contributed by atoms with Gasteiger partial charge >= 0.3 is 0 Å². The smallest absolute Gasteiger partial charge is 0.0713 e. The Bertz CT molecular complexity index is 3020. The fraction of sp³-hybridized carbons (Fsp3) is 0.0182. The van der Waals surface area contributed by atoms with Crippen molar-refractivity contribution < 1.29 is 0 Å². The van der Waals surface area contributed by atoms with E-state index in [4.69, 9.17) is 0 Å². The molecule has 0 saturated carbocycles. The summed E-state index contributed by atoms with van der Waals surface area (Å²) in [4.78, 5) is 2.36. The molecule has 0 amide bonds. The number of hydrogen-bond donors (Lipinski definition) is 0. The number of anilines is 3. The first-order valence-electron chi connectivity index (χ1n) is 19.6. The van der Waals surface area contributed by atoms with Crippen LogP contribution in [0.2, 0.25) is 0 Å². The zero-order valence-electron chi connectivity index (χ0n) is 31.2. The molecule has 1 heterocycles. The molecule has 0 radical (unpaired) electrons. The van der Waals surface area contributed by atoms with Gasteiger partial charge < -0.3 is 4.90 Å². The van der Waals surface area contributed by atoms with E-state index in [-0.39, 0.29) is 0 Å². The topological polar surface area (TPSA) is 3.24 Å². The van der Waals surface area contributed by atoms with Crippen LogP contribution >= 0.6 is 11.3 Å². The summed E-state index contributed by atoms with van der Waals surface area (Å²) < 4.78 is 2.65. The van der Waals surface area contributed by atoms with Crippen molar-refractivity contribution >= 4 is 48.6 Å². The predicted molar refractivity (Wildman–Crippen MR) is 242 cm³/mol. The minimum Gasteiger partial charge on any atom is -0.310 e. The molecule has 0 spiro atoms. The van der Waals surface area contributed by atoms with Gasteiger partial charge in [-0.15, -0.1) is 11.3 Å². The van der Waals surface area contributed by atoms with Crippen LogP contribution in [0, 0.1) is 0 Å². The maximum atomic E-state index is 2.41. The maximum Gasteiger partial charge on any atom is 0.0713 e. The molecule has 0 atom stereocenters. The van der Waals surface area contributed by atoms with E-state index in [1.54, 1.807) is 0 Å². The second kappa shape index (κ2) is 13.6. The molecule has 0 N–H and O–H groups in total. The molecule has 2 heteroatoms. The highest BCUT2D eigenvalue weighted by Gasteiger charge is 2.45. The van der Waals surface area contributed by atoms with Gasteiger partial charge in [0.15, 0.2) is 0 Å². The lowest BCUT2D eigenvalue weighted by atomic mass is 9.67. The Morgan fingerprint density at radius 3 is 1.63 bits per heavy atom. The number of para-hydroxylation sites is 1. The van der Waals surface area contributed by atoms with E-state index in [0.717, 1.165) is 17.1 Å². The zero-order valence-corrected chi connectivity index (χ0v) is 32.0. The molecular formula is C55H37NS. The molecule has 10 aromatic rings. The molecule has 11 rings (SSSR count). The van der Waals surface area contributed by atoms with E-state index in [9.17, 15) is 0 Å². The van der Waals surface area contributed by atoms with Crippen molar-refractivity contribution in [1.29, 1.82) is 0 Å². The molecule has 1 nitrogen and oxygen atoms in total. The van der Waals surface area contributed by atoms with Crippen molar-refractivity contribution in [1.82, 2.24) is 0 Å². The molecule has 0 saturated heterocycles. The van der Waals surface area contributed by atoms with Crippen LogP contribution in [0.4, 0.5) is 17.1 Å². The summed E-state index contributed by atoms with van der Waals surface area (Å²) in [6.45, 7) is 0. The van der Waals surface area contributed by atoms with Crippen molar-refractivity contribution in [3.63, 3.8) is 0 Å². The molecule has 9 aromatic carbocycles. The van der Waals surface area contributed by atoms with Crippen LogP contribution < -0.4 is 4.90 Å². The Morgan fingerprint density at radius 2 is 0.860 bits per heavy atom. The van der Waals surface area contributed by atoms with Gasteiger partial charge in [-0.1, -0.05) is 170 Å². The summed E-state index contributed by atoms with van der Waals surface area (Å²) in [6, 6.07) is 82.4. The predicted octanol–water partition coefficient (Wildman–Crippen LogP) is 15.2. The summed E-state index contributed by atoms with van der Waals surface area (Å²) in [5.41, 5.74) is 15.5. The normalized spacial score (nSPS) is 12.7. The van der Waals surface area contributed by atoms with Crippen LogP contribution in [-0.4, -0.2) is 0 Å².